The van der Waals surface area contributed by atoms with E-state index < -0.39 is 5.60 Å². The van der Waals surface area contributed by atoms with E-state index in [1.807, 2.05) is 43.6 Å². The molecule has 39 heavy (non-hydrogen) atoms. The maximum absolute atomic E-state index is 11.4. The predicted octanol–water partition coefficient (Wildman–Crippen LogP) is 4.49. The van der Waals surface area contributed by atoms with Crippen LogP contribution in [0.1, 0.15) is 41.4 Å². The van der Waals surface area contributed by atoms with Gasteiger partial charge in [-0.2, -0.15) is 0 Å². The van der Waals surface area contributed by atoms with Crippen molar-refractivity contribution in [2.75, 3.05) is 46.6 Å². The number of ether oxygens (including phenoxy) is 4. The highest BCUT2D eigenvalue weighted by atomic mass is 16.5. The second-order valence-electron chi connectivity index (χ2n) is 10.6. The molecule has 0 radical (unpaired) electrons. The van der Waals surface area contributed by atoms with Crippen LogP contribution in [-0.2, 0) is 24.2 Å². The van der Waals surface area contributed by atoms with Crippen molar-refractivity contribution in [3.63, 3.8) is 0 Å². The predicted molar refractivity (Wildman–Crippen MR) is 152 cm³/mol. The Balaban J connectivity index is 1.36. The molecule has 0 aliphatic carbocycles. The lowest BCUT2D eigenvalue weighted by Gasteiger charge is -2.31. The minimum absolute atomic E-state index is 0.168. The lowest BCUT2D eigenvalue weighted by Crippen LogP contribution is -2.48. The molecule has 0 spiro atoms. The fourth-order valence-electron chi connectivity index (χ4n) is 5.05. The monoisotopic (exact) mass is 537 g/mol. The van der Waals surface area contributed by atoms with Crippen LogP contribution in [0.5, 0.6) is 17.2 Å². The van der Waals surface area contributed by atoms with E-state index >= 15 is 0 Å². The quantitative estimate of drug-likeness (QED) is 0.341. The number of benzene rings is 2. The summed E-state index contributed by atoms with van der Waals surface area (Å²) in [6.07, 6.45) is 5.64. The highest BCUT2D eigenvalue weighted by molar-refractivity contribution is 5.43. The Bertz CT molecular complexity index is 1230. The smallest absolute Gasteiger partial charge is 0.161 e. The zero-order chi connectivity index (χ0) is 27.8. The van der Waals surface area contributed by atoms with E-state index in [0.717, 1.165) is 59.9 Å². The number of nitrogens with zero attached hydrogens (tertiary/aromatic N) is 3. The molecule has 1 fully saturated rings. The standard InChI is InChI=1S/C31H43N3O5/c1-6-30-32-10-12-34(30)11-7-14-38-29-18-26(8-9-27(29)36-5)19-33-13-15-37-21-31(35,20-33)22-39-28-17-23(2)16-24(3)25(28)4/h8-10,12,16-18,35H,6-7,11,13-15,19-22H2,1-5H3/t31-/m1/s1. The average molecular weight is 538 g/mol. The third kappa shape index (κ3) is 7.75. The molecule has 2 aromatic carbocycles. The summed E-state index contributed by atoms with van der Waals surface area (Å²) in [6, 6.07) is 10.2. The molecule has 1 aromatic heterocycles. The van der Waals surface area contributed by atoms with Crippen molar-refractivity contribution in [1.29, 1.82) is 0 Å². The molecule has 1 N–H and O–H groups in total. The summed E-state index contributed by atoms with van der Waals surface area (Å²) < 4.78 is 25.8. The van der Waals surface area contributed by atoms with Gasteiger partial charge in [0.05, 0.1) is 26.9 Å². The van der Waals surface area contributed by atoms with Gasteiger partial charge < -0.3 is 28.6 Å². The second kappa shape index (κ2) is 13.3. The number of β-amino-alcohol motifs (C(OH)–C–C–N with tert-alkyl or cyclic N) is 1. The molecular weight excluding hydrogens is 494 g/mol. The Labute approximate surface area is 232 Å². The van der Waals surface area contributed by atoms with Crippen molar-refractivity contribution in [2.45, 2.75) is 59.2 Å². The molecule has 3 aromatic rings. The highest BCUT2D eigenvalue weighted by Crippen LogP contribution is 2.30. The second-order valence-corrected chi connectivity index (χ2v) is 10.6. The summed E-state index contributed by atoms with van der Waals surface area (Å²) >= 11 is 0. The van der Waals surface area contributed by atoms with E-state index in [0.29, 0.717) is 32.1 Å². The molecule has 0 amide bonds. The van der Waals surface area contributed by atoms with Gasteiger partial charge in [-0.1, -0.05) is 19.1 Å². The SMILES string of the molecule is CCc1nccn1CCCOc1cc(CN2CCOC[C@@](O)(COc3cc(C)cc(C)c3C)C2)ccc1OC. The molecule has 1 saturated heterocycles. The van der Waals surface area contributed by atoms with Gasteiger partial charge in [0.25, 0.3) is 0 Å². The zero-order valence-electron chi connectivity index (χ0n) is 24.0. The number of aryl methyl sites for hydroxylation is 4. The number of imidazole rings is 1. The van der Waals surface area contributed by atoms with E-state index in [4.69, 9.17) is 18.9 Å². The maximum atomic E-state index is 11.4. The number of aliphatic hydroxyl groups is 1. The maximum Gasteiger partial charge on any atom is 0.161 e. The van der Waals surface area contributed by atoms with E-state index in [9.17, 15) is 5.11 Å². The number of aromatic nitrogens is 2. The molecule has 4 rings (SSSR count). The summed E-state index contributed by atoms with van der Waals surface area (Å²) in [4.78, 5) is 6.59. The fourth-order valence-corrected chi connectivity index (χ4v) is 5.05. The molecular formula is C31H43N3O5. The summed E-state index contributed by atoms with van der Waals surface area (Å²) in [7, 11) is 1.66. The number of methoxy groups -OCH3 is 1. The first kappa shape index (κ1) is 28.9. The minimum atomic E-state index is -1.11. The van der Waals surface area contributed by atoms with Crippen LogP contribution in [0.4, 0.5) is 0 Å². The van der Waals surface area contributed by atoms with E-state index in [2.05, 4.69) is 41.3 Å². The molecule has 1 atom stereocenters. The summed E-state index contributed by atoms with van der Waals surface area (Å²) in [5, 5.41) is 11.4. The van der Waals surface area contributed by atoms with Crippen LogP contribution >= 0.6 is 0 Å². The summed E-state index contributed by atoms with van der Waals surface area (Å²) in [6.45, 7) is 12.5. The minimum Gasteiger partial charge on any atom is -0.493 e. The van der Waals surface area contributed by atoms with Crippen molar-refractivity contribution in [1.82, 2.24) is 14.5 Å². The third-order valence-corrected chi connectivity index (χ3v) is 7.25. The van der Waals surface area contributed by atoms with Crippen LogP contribution in [0.25, 0.3) is 0 Å². The largest absolute Gasteiger partial charge is 0.493 e. The Hall–Kier alpha value is -3.07. The van der Waals surface area contributed by atoms with Crippen molar-refractivity contribution in [2.24, 2.45) is 0 Å². The van der Waals surface area contributed by atoms with E-state index in [-0.39, 0.29) is 13.2 Å². The van der Waals surface area contributed by atoms with Gasteiger partial charge in [-0.3, -0.25) is 4.90 Å². The molecule has 0 bridgehead atoms. The molecule has 2 heterocycles. The lowest BCUT2D eigenvalue weighted by atomic mass is 10.0. The van der Waals surface area contributed by atoms with E-state index in [1.165, 1.54) is 5.56 Å². The van der Waals surface area contributed by atoms with Gasteiger partial charge in [0.2, 0.25) is 0 Å². The van der Waals surface area contributed by atoms with Gasteiger partial charge in [0, 0.05) is 45.0 Å². The number of hydrogen-bond donors (Lipinski definition) is 1. The van der Waals surface area contributed by atoms with Crippen LogP contribution in [0.3, 0.4) is 0 Å². The third-order valence-electron chi connectivity index (χ3n) is 7.25. The van der Waals surface area contributed by atoms with Gasteiger partial charge in [-0.05, 0) is 67.6 Å². The number of rotatable bonds is 12. The van der Waals surface area contributed by atoms with Crippen molar-refractivity contribution in [3.05, 3.63) is 70.8 Å². The van der Waals surface area contributed by atoms with E-state index in [1.54, 1.807) is 7.11 Å². The Morgan fingerprint density at radius 1 is 1.08 bits per heavy atom. The van der Waals surface area contributed by atoms with Gasteiger partial charge in [-0.15, -0.1) is 0 Å². The van der Waals surface area contributed by atoms with Crippen molar-refractivity contribution < 1.29 is 24.1 Å². The topological polar surface area (TPSA) is 78.2 Å². The first-order valence-electron chi connectivity index (χ1n) is 13.8. The number of hydrogen-bond acceptors (Lipinski definition) is 7. The summed E-state index contributed by atoms with van der Waals surface area (Å²) in [5.74, 6) is 3.34. The van der Waals surface area contributed by atoms with Gasteiger partial charge in [0.15, 0.2) is 11.5 Å². The molecule has 1 aliphatic rings. The fraction of sp³-hybridized carbons (Fsp3) is 0.516. The molecule has 8 nitrogen and oxygen atoms in total. The zero-order valence-corrected chi connectivity index (χ0v) is 24.0. The lowest BCUT2D eigenvalue weighted by molar-refractivity contribution is -0.0648. The Morgan fingerprint density at radius 2 is 1.92 bits per heavy atom. The van der Waals surface area contributed by atoms with Gasteiger partial charge in [0.1, 0.15) is 23.8 Å². The normalized spacial score (nSPS) is 18.1. The van der Waals surface area contributed by atoms with Crippen LogP contribution in [0, 0.1) is 20.8 Å². The highest BCUT2D eigenvalue weighted by Gasteiger charge is 2.34. The van der Waals surface area contributed by atoms with Crippen molar-refractivity contribution in [3.8, 4) is 17.2 Å². The Morgan fingerprint density at radius 3 is 2.72 bits per heavy atom. The van der Waals surface area contributed by atoms with Crippen LogP contribution in [-0.4, -0.2) is 71.8 Å². The molecule has 212 valence electrons. The van der Waals surface area contributed by atoms with Crippen LogP contribution in [0.15, 0.2) is 42.7 Å². The first-order chi connectivity index (χ1) is 18.8. The molecule has 0 saturated carbocycles. The van der Waals surface area contributed by atoms with Crippen LogP contribution in [0.2, 0.25) is 0 Å². The first-order valence-corrected chi connectivity index (χ1v) is 13.8. The molecule has 8 heteroatoms. The average Bonchev–Trinajstić information content (AvgIpc) is 3.29. The van der Waals surface area contributed by atoms with Crippen LogP contribution < -0.4 is 14.2 Å². The summed E-state index contributed by atoms with van der Waals surface area (Å²) in [5.41, 5.74) is 3.39. The molecule has 1 aliphatic heterocycles. The van der Waals surface area contributed by atoms with Crippen molar-refractivity contribution >= 4 is 0 Å². The van der Waals surface area contributed by atoms with Gasteiger partial charge >= 0.3 is 0 Å². The van der Waals surface area contributed by atoms with Gasteiger partial charge in [-0.25, -0.2) is 4.98 Å². The molecule has 0 unspecified atom stereocenters. The Kier molecular flexibility index (Phi) is 9.88.